The molecule has 0 spiro atoms. The Hall–Kier alpha value is -1.89. The summed E-state index contributed by atoms with van der Waals surface area (Å²) in [7, 11) is 0. The minimum absolute atomic E-state index is 0.0788. The fourth-order valence-electron chi connectivity index (χ4n) is 2.53. The Bertz CT molecular complexity index is 667. The van der Waals surface area contributed by atoms with Crippen molar-refractivity contribution in [1.82, 2.24) is 25.1 Å². The highest BCUT2D eigenvalue weighted by atomic mass is 32.2. The van der Waals surface area contributed by atoms with Crippen LogP contribution >= 0.6 is 11.8 Å². The third-order valence-electron chi connectivity index (χ3n) is 3.81. The lowest BCUT2D eigenvalue weighted by Gasteiger charge is -2.18. The molecule has 6 nitrogen and oxygen atoms in total. The van der Waals surface area contributed by atoms with Crippen molar-refractivity contribution in [3.8, 4) is 0 Å². The quantitative estimate of drug-likeness (QED) is 0.828. The summed E-state index contributed by atoms with van der Waals surface area (Å²) in [6.07, 6.45) is 7.41. The molecule has 1 N–H and O–H groups in total. The first-order valence-corrected chi connectivity index (χ1v) is 8.64. The number of thioether (sulfide) groups is 1. The summed E-state index contributed by atoms with van der Waals surface area (Å²) in [6, 6.07) is 3.52. The largest absolute Gasteiger partial charge is 0.342 e. The van der Waals surface area contributed by atoms with Gasteiger partial charge in [0.1, 0.15) is 17.2 Å². The van der Waals surface area contributed by atoms with Crippen molar-refractivity contribution in [2.24, 2.45) is 5.92 Å². The van der Waals surface area contributed by atoms with Crippen molar-refractivity contribution in [3.05, 3.63) is 36.0 Å². The maximum Gasteiger partial charge on any atom is 0.254 e. The number of carbonyl (C=O) groups is 1. The first kappa shape index (κ1) is 15.0. The maximum atomic E-state index is 12.6. The highest BCUT2D eigenvalue weighted by Gasteiger charge is 2.36. The number of amides is 1. The summed E-state index contributed by atoms with van der Waals surface area (Å²) in [5.74, 6) is 1.20. The van der Waals surface area contributed by atoms with Crippen LogP contribution in [-0.2, 0) is 6.54 Å². The average molecular weight is 317 g/mol. The molecular formula is C15H19N5OS. The van der Waals surface area contributed by atoms with Crippen LogP contribution in [0.25, 0.3) is 0 Å². The van der Waals surface area contributed by atoms with E-state index in [2.05, 4.69) is 20.4 Å². The number of nitrogens with one attached hydrogen (secondary N) is 1. The Morgan fingerprint density at radius 3 is 3.00 bits per heavy atom. The van der Waals surface area contributed by atoms with Gasteiger partial charge in [-0.25, -0.2) is 14.6 Å². The van der Waals surface area contributed by atoms with E-state index in [1.807, 2.05) is 23.9 Å². The van der Waals surface area contributed by atoms with Crippen LogP contribution in [0.4, 0.5) is 0 Å². The monoisotopic (exact) mass is 317 g/mol. The van der Waals surface area contributed by atoms with Gasteiger partial charge in [0.25, 0.3) is 5.91 Å². The summed E-state index contributed by atoms with van der Waals surface area (Å²) in [5.41, 5.74) is 0.614. The van der Waals surface area contributed by atoms with Gasteiger partial charge in [-0.1, -0.05) is 0 Å². The van der Waals surface area contributed by atoms with E-state index in [1.165, 1.54) is 11.8 Å². The second-order valence-corrected chi connectivity index (χ2v) is 6.08. The molecule has 0 saturated heterocycles. The molecule has 1 unspecified atom stereocenters. The van der Waals surface area contributed by atoms with E-state index in [9.17, 15) is 4.79 Å². The highest BCUT2D eigenvalue weighted by Crippen LogP contribution is 2.40. The number of carbonyl (C=O) groups excluding carboxylic acids is 1. The lowest BCUT2D eigenvalue weighted by atomic mass is 10.1. The Kier molecular flexibility index (Phi) is 4.42. The lowest BCUT2D eigenvalue weighted by molar-refractivity contribution is 0.0924. The second-order valence-electron chi connectivity index (χ2n) is 5.28. The van der Waals surface area contributed by atoms with Crippen LogP contribution in [0.5, 0.6) is 0 Å². The highest BCUT2D eigenvalue weighted by molar-refractivity contribution is 7.98. The normalized spacial score (nSPS) is 15.5. The molecule has 0 aliphatic heterocycles. The molecule has 1 aliphatic rings. The van der Waals surface area contributed by atoms with Gasteiger partial charge < -0.3 is 5.32 Å². The van der Waals surface area contributed by atoms with Crippen LogP contribution in [0, 0.1) is 5.92 Å². The fourth-order valence-corrected chi connectivity index (χ4v) is 3.07. The Labute approximate surface area is 133 Å². The minimum atomic E-state index is -0.0972. The van der Waals surface area contributed by atoms with Gasteiger partial charge >= 0.3 is 0 Å². The molecular weight excluding hydrogens is 298 g/mol. The molecule has 0 radical (unpaired) electrons. The van der Waals surface area contributed by atoms with Gasteiger partial charge in [0.2, 0.25) is 0 Å². The van der Waals surface area contributed by atoms with Crippen LogP contribution in [0.3, 0.4) is 0 Å². The fraction of sp³-hybridized carbons (Fsp3) is 0.467. The zero-order valence-electron chi connectivity index (χ0n) is 12.7. The minimum Gasteiger partial charge on any atom is -0.342 e. The predicted molar refractivity (Wildman–Crippen MR) is 84.6 cm³/mol. The summed E-state index contributed by atoms with van der Waals surface area (Å²) in [4.78, 5) is 21.2. The third kappa shape index (κ3) is 2.99. The maximum absolute atomic E-state index is 12.6. The zero-order valence-corrected chi connectivity index (χ0v) is 13.5. The van der Waals surface area contributed by atoms with Crippen molar-refractivity contribution < 1.29 is 4.79 Å². The predicted octanol–water partition coefficient (Wildman–Crippen LogP) is 2.30. The Morgan fingerprint density at radius 2 is 2.32 bits per heavy atom. The molecule has 0 aromatic carbocycles. The van der Waals surface area contributed by atoms with Gasteiger partial charge in [-0.2, -0.15) is 5.10 Å². The molecule has 1 aliphatic carbocycles. The van der Waals surface area contributed by atoms with E-state index in [0.29, 0.717) is 11.5 Å². The molecule has 0 bridgehead atoms. The molecule has 116 valence electrons. The Balaban J connectivity index is 1.84. The zero-order chi connectivity index (χ0) is 15.5. The number of aryl methyl sites for hydroxylation is 1. The van der Waals surface area contributed by atoms with Crippen molar-refractivity contribution >= 4 is 17.7 Å². The summed E-state index contributed by atoms with van der Waals surface area (Å²) in [5, 5.41) is 8.09. The molecule has 3 rings (SSSR count). The summed E-state index contributed by atoms with van der Waals surface area (Å²) in [6.45, 7) is 2.77. The molecule has 1 fully saturated rings. The number of hydrogen-bond acceptors (Lipinski definition) is 5. The van der Waals surface area contributed by atoms with E-state index in [-0.39, 0.29) is 11.9 Å². The molecule has 22 heavy (non-hydrogen) atoms. The summed E-state index contributed by atoms with van der Waals surface area (Å²) < 4.78 is 1.85. The van der Waals surface area contributed by atoms with Crippen LogP contribution in [0.1, 0.15) is 42.0 Å². The number of nitrogens with zero attached hydrogens (tertiary/aromatic N) is 4. The standard InChI is InChI=1S/C15H19N5OS/c1-3-20-13(17-9-18-20)12(10-6-7-10)19-14(21)11-5-4-8-16-15(11)22-2/h4-5,8-10,12H,3,6-7H2,1-2H3,(H,19,21). The van der Waals surface area contributed by atoms with Crippen LogP contribution in [-0.4, -0.2) is 31.9 Å². The van der Waals surface area contributed by atoms with Gasteiger partial charge in [0, 0.05) is 12.7 Å². The van der Waals surface area contributed by atoms with E-state index in [4.69, 9.17) is 0 Å². The number of hydrogen-bond donors (Lipinski definition) is 1. The Morgan fingerprint density at radius 1 is 1.50 bits per heavy atom. The van der Waals surface area contributed by atoms with Crippen LogP contribution in [0.15, 0.2) is 29.7 Å². The number of aromatic nitrogens is 4. The van der Waals surface area contributed by atoms with Gasteiger partial charge in [-0.3, -0.25) is 4.79 Å². The molecule has 2 aromatic rings. The molecule has 1 saturated carbocycles. The van der Waals surface area contributed by atoms with E-state index >= 15 is 0 Å². The van der Waals surface area contributed by atoms with Gasteiger partial charge in [-0.15, -0.1) is 11.8 Å². The van der Waals surface area contributed by atoms with Crippen molar-refractivity contribution in [3.63, 3.8) is 0 Å². The van der Waals surface area contributed by atoms with Gasteiger partial charge in [0.15, 0.2) is 0 Å². The SMILES string of the molecule is CCn1ncnc1C(NC(=O)c1cccnc1SC)C1CC1. The van der Waals surface area contributed by atoms with E-state index < -0.39 is 0 Å². The van der Waals surface area contributed by atoms with Crippen molar-refractivity contribution in [2.75, 3.05) is 6.26 Å². The van der Waals surface area contributed by atoms with Crippen LogP contribution in [0.2, 0.25) is 0 Å². The van der Waals surface area contributed by atoms with Crippen molar-refractivity contribution in [2.45, 2.75) is 37.4 Å². The first-order chi connectivity index (χ1) is 10.7. The van der Waals surface area contributed by atoms with E-state index in [0.717, 1.165) is 30.2 Å². The molecule has 7 heteroatoms. The smallest absolute Gasteiger partial charge is 0.254 e. The number of pyridine rings is 1. The lowest BCUT2D eigenvalue weighted by Crippen LogP contribution is -2.32. The molecule has 2 heterocycles. The average Bonchev–Trinajstić information content (AvgIpc) is 3.29. The second kappa shape index (κ2) is 6.48. The topological polar surface area (TPSA) is 72.7 Å². The third-order valence-corrected chi connectivity index (χ3v) is 4.52. The molecule has 2 aromatic heterocycles. The van der Waals surface area contributed by atoms with Gasteiger partial charge in [0.05, 0.1) is 11.6 Å². The van der Waals surface area contributed by atoms with Gasteiger partial charge in [-0.05, 0) is 44.1 Å². The van der Waals surface area contributed by atoms with Crippen LogP contribution < -0.4 is 5.32 Å². The number of rotatable bonds is 6. The van der Waals surface area contributed by atoms with E-state index in [1.54, 1.807) is 18.6 Å². The van der Waals surface area contributed by atoms with Crippen molar-refractivity contribution in [1.29, 1.82) is 0 Å². The molecule has 1 atom stereocenters. The summed E-state index contributed by atoms with van der Waals surface area (Å²) >= 11 is 1.47. The molecule has 1 amide bonds. The first-order valence-electron chi connectivity index (χ1n) is 7.42.